The molecular weight excluding hydrogens is 366 g/mol. The third kappa shape index (κ3) is 4.21. The van der Waals surface area contributed by atoms with E-state index in [2.05, 4.69) is 56.9 Å². The Morgan fingerprint density at radius 1 is 1.24 bits per heavy atom. The molecule has 1 aliphatic rings. The molecule has 1 aromatic carbocycles. The molecule has 0 fully saturated rings. The number of amides is 1. The van der Waals surface area contributed by atoms with Gasteiger partial charge < -0.3 is 15.5 Å². The van der Waals surface area contributed by atoms with E-state index in [0.717, 1.165) is 23.6 Å². The van der Waals surface area contributed by atoms with Crippen molar-refractivity contribution in [1.29, 1.82) is 0 Å². The summed E-state index contributed by atoms with van der Waals surface area (Å²) in [6, 6.07) is 10.4. The van der Waals surface area contributed by atoms with Gasteiger partial charge in [-0.1, -0.05) is 37.3 Å². The standard InChI is InChI=1S/C21H25N7O/c1-14(17-7-5-4-6-8-17)11-28-12-16(10-23-28)9-22-21-24-15(2)19-20(26-21)27(3)13-18(29)25-19/h4-8,10,12,14H,9,11,13H2,1-3H3,(H,25,29)(H,22,24,26). The smallest absolute Gasteiger partial charge is 0.244 e. The van der Waals surface area contributed by atoms with E-state index in [4.69, 9.17) is 0 Å². The van der Waals surface area contributed by atoms with Crippen LogP contribution in [0.25, 0.3) is 0 Å². The average Bonchev–Trinajstić information content (AvgIpc) is 3.15. The second kappa shape index (κ2) is 7.90. The quantitative estimate of drug-likeness (QED) is 0.672. The Labute approximate surface area is 170 Å². The highest BCUT2D eigenvalue weighted by Gasteiger charge is 2.23. The first-order chi connectivity index (χ1) is 14.0. The highest BCUT2D eigenvalue weighted by molar-refractivity contribution is 6.00. The fraction of sp³-hybridized carbons (Fsp3) is 0.333. The Balaban J connectivity index is 1.41. The Morgan fingerprint density at radius 2 is 2.03 bits per heavy atom. The molecule has 1 unspecified atom stereocenters. The molecule has 29 heavy (non-hydrogen) atoms. The summed E-state index contributed by atoms with van der Waals surface area (Å²) in [6.07, 6.45) is 3.91. The second-order valence-corrected chi connectivity index (χ2v) is 7.47. The van der Waals surface area contributed by atoms with E-state index < -0.39 is 0 Å². The van der Waals surface area contributed by atoms with Gasteiger partial charge >= 0.3 is 0 Å². The largest absolute Gasteiger partial charge is 0.350 e. The lowest BCUT2D eigenvalue weighted by Crippen LogP contribution is -2.36. The van der Waals surface area contributed by atoms with Gasteiger partial charge in [0.25, 0.3) is 0 Å². The number of aromatic nitrogens is 4. The summed E-state index contributed by atoms with van der Waals surface area (Å²) in [6.45, 7) is 5.76. The van der Waals surface area contributed by atoms with Crippen LogP contribution in [0.2, 0.25) is 0 Å². The van der Waals surface area contributed by atoms with Gasteiger partial charge in [0.15, 0.2) is 5.82 Å². The van der Waals surface area contributed by atoms with Crippen LogP contribution in [0.15, 0.2) is 42.7 Å². The number of carbonyl (C=O) groups is 1. The first-order valence-corrected chi connectivity index (χ1v) is 9.69. The molecule has 0 radical (unpaired) electrons. The van der Waals surface area contributed by atoms with Crippen LogP contribution >= 0.6 is 0 Å². The Kier molecular flexibility index (Phi) is 5.16. The molecule has 0 saturated heterocycles. The number of hydrogen-bond donors (Lipinski definition) is 2. The summed E-state index contributed by atoms with van der Waals surface area (Å²) >= 11 is 0. The van der Waals surface area contributed by atoms with Gasteiger partial charge in [0.2, 0.25) is 11.9 Å². The summed E-state index contributed by atoms with van der Waals surface area (Å²) in [4.78, 5) is 22.6. The number of fused-ring (bicyclic) bond motifs is 1. The van der Waals surface area contributed by atoms with Gasteiger partial charge in [-0.25, -0.2) is 4.98 Å². The Morgan fingerprint density at radius 3 is 2.83 bits per heavy atom. The molecule has 1 amide bonds. The van der Waals surface area contributed by atoms with Crippen LogP contribution < -0.4 is 15.5 Å². The second-order valence-electron chi connectivity index (χ2n) is 7.47. The molecule has 3 heterocycles. The number of benzene rings is 1. The molecule has 8 nitrogen and oxygen atoms in total. The van der Waals surface area contributed by atoms with Gasteiger partial charge in [0.05, 0.1) is 18.4 Å². The maximum Gasteiger partial charge on any atom is 0.244 e. The normalized spacial score (nSPS) is 14.3. The monoisotopic (exact) mass is 391 g/mol. The Hall–Kier alpha value is -3.42. The highest BCUT2D eigenvalue weighted by atomic mass is 16.2. The predicted octanol–water partition coefficient (Wildman–Crippen LogP) is 2.79. The molecule has 4 rings (SSSR count). The van der Waals surface area contributed by atoms with Crippen molar-refractivity contribution in [2.45, 2.75) is 32.9 Å². The van der Waals surface area contributed by atoms with Crippen molar-refractivity contribution in [2.75, 3.05) is 29.1 Å². The summed E-state index contributed by atoms with van der Waals surface area (Å²) in [5.41, 5.74) is 3.78. The van der Waals surface area contributed by atoms with E-state index in [1.165, 1.54) is 5.56 Å². The summed E-state index contributed by atoms with van der Waals surface area (Å²) < 4.78 is 1.97. The topological polar surface area (TPSA) is 88.0 Å². The molecule has 0 aliphatic carbocycles. The number of hydrogen-bond acceptors (Lipinski definition) is 6. The molecule has 0 saturated carbocycles. The zero-order valence-corrected chi connectivity index (χ0v) is 16.9. The van der Waals surface area contributed by atoms with Crippen molar-refractivity contribution < 1.29 is 4.79 Å². The minimum Gasteiger partial charge on any atom is -0.350 e. The van der Waals surface area contributed by atoms with E-state index >= 15 is 0 Å². The summed E-state index contributed by atoms with van der Waals surface area (Å²) in [5, 5.41) is 10.6. The highest BCUT2D eigenvalue weighted by Crippen LogP contribution is 2.29. The number of likely N-dealkylation sites (N-methyl/N-ethyl adjacent to an activating group) is 1. The van der Waals surface area contributed by atoms with Crippen LogP contribution in [0, 0.1) is 6.92 Å². The maximum atomic E-state index is 11.7. The molecule has 0 bridgehead atoms. The molecule has 2 N–H and O–H groups in total. The number of nitrogens with zero attached hydrogens (tertiary/aromatic N) is 5. The van der Waals surface area contributed by atoms with Crippen LogP contribution in [-0.2, 0) is 17.9 Å². The maximum absolute atomic E-state index is 11.7. The van der Waals surface area contributed by atoms with Crippen LogP contribution in [0.5, 0.6) is 0 Å². The van der Waals surface area contributed by atoms with Crippen LogP contribution in [0.3, 0.4) is 0 Å². The average molecular weight is 391 g/mol. The first kappa shape index (κ1) is 18.9. The van der Waals surface area contributed by atoms with Gasteiger partial charge in [-0.3, -0.25) is 9.48 Å². The molecular formula is C21H25N7O. The molecule has 8 heteroatoms. The third-order valence-electron chi connectivity index (χ3n) is 5.04. The summed E-state index contributed by atoms with van der Waals surface area (Å²) in [5.74, 6) is 1.60. The molecule has 150 valence electrons. The van der Waals surface area contributed by atoms with Crippen molar-refractivity contribution in [1.82, 2.24) is 19.7 Å². The van der Waals surface area contributed by atoms with E-state index in [-0.39, 0.29) is 12.5 Å². The van der Waals surface area contributed by atoms with Gasteiger partial charge in [0.1, 0.15) is 5.69 Å². The molecule has 2 aromatic heterocycles. The van der Waals surface area contributed by atoms with Crippen molar-refractivity contribution in [3.63, 3.8) is 0 Å². The van der Waals surface area contributed by atoms with Crippen molar-refractivity contribution >= 4 is 23.4 Å². The zero-order chi connectivity index (χ0) is 20.4. The number of anilines is 3. The van der Waals surface area contributed by atoms with Gasteiger partial charge in [-0.2, -0.15) is 10.1 Å². The van der Waals surface area contributed by atoms with E-state index in [9.17, 15) is 4.79 Å². The van der Waals surface area contributed by atoms with Crippen LogP contribution in [-0.4, -0.2) is 39.2 Å². The predicted molar refractivity (Wildman–Crippen MR) is 113 cm³/mol. The number of nitrogens with one attached hydrogen (secondary N) is 2. The van der Waals surface area contributed by atoms with Crippen molar-refractivity contribution in [3.8, 4) is 0 Å². The molecule has 1 aliphatic heterocycles. The molecule has 1 atom stereocenters. The third-order valence-corrected chi connectivity index (χ3v) is 5.04. The fourth-order valence-electron chi connectivity index (χ4n) is 3.47. The lowest BCUT2D eigenvalue weighted by atomic mass is 10.0. The van der Waals surface area contributed by atoms with Crippen LogP contribution in [0.4, 0.5) is 17.5 Å². The SMILES string of the molecule is Cc1nc(NCc2cnn(CC(C)c3ccccc3)c2)nc2c1NC(=O)CN2C. The van der Waals surface area contributed by atoms with Crippen molar-refractivity contribution in [3.05, 3.63) is 59.5 Å². The van der Waals surface area contributed by atoms with E-state index in [1.54, 1.807) is 0 Å². The zero-order valence-electron chi connectivity index (χ0n) is 16.9. The van der Waals surface area contributed by atoms with Gasteiger partial charge in [-0.15, -0.1) is 0 Å². The van der Waals surface area contributed by atoms with Crippen molar-refractivity contribution in [2.24, 2.45) is 0 Å². The minimum atomic E-state index is -0.0513. The van der Waals surface area contributed by atoms with E-state index in [0.29, 0.717) is 24.1 Å². The number of rotatable bonds is 6. The molecule has 0 spiro atoms. The lowest BCUT2D eigenvalue weighted by molar-refractivity contribution is -0.115. The fourth-order valence-corrected chi connectivity index (χ4v) is 3.47. The van der Waals surface area contributed by atoms with Crippen LogP contribution in [0.1, 0.15) is 29.7 Å². The first-order valence-electron chi connectivity index (χ1n) is 9.69. The van der Waals surface area contributed by atoms with Gasteiger partial charge in [0, 0.05) is 37.8 Å². The lowest BCUT2D eigenvalue weighted by Gasteiger charge is -2.27. The molecule has 3 aromatic rings. The minimum absolute atomic E-state index is 0.0513. The van der Waals surface area contributed by atoms with Gasteiger partial charge in [-0.05, 0) is 12.5 Å². The number of carbonyl (C=O) groups excluding carboxylic acids is 1. The number of aryl methyl sites for hydroxylation is 1. The van der Waals surface area contributed by atoms with E-state index in [1.807, 2.05) is 42.0 Å². The summed E-state index contributed by atoms with van der Waals surface area (Å²) in [7, 11) is 1.85. The Bertz CT molecular complexity index is 1020.